The number of rotatable bonds is 8. The molecule has 0 fully saturated rings. The minimum atomic E-state index is 0.315. The molecule has 132 valence electrons. The summed E-state index contributed by atoms with van der Waals surface area (Å²) < 4.78 is 11.1. The third-order valence-corrected chi connectivity index (χ3v) is 4.68. The highest BCUT2D eigenvalue weighted by Gasteiger charge is 2.12. The van der Waals surface area contributed by atoms with Gasteiger partial charge in [0, 0.05) is 17.8 Å². The second kappa shape index (κ2) is 8.22. The average molecular weight is 358 g/mol. The van der Waals surface area contributed by atoms with E-state index in [4.69, 9.17) is 9.26 Å². The van der Waals surface area contributed by atoms with Crippen LogP contribution in [0, 0.1) is 6.92 Å². The largest absolute Gasteiger partial charge is 0.486 e. The molecule has 2 aromatic heterocycles. The van der Waals surface area contributed by atoms with Crippen LogP contribution < -0.4 is 10.1 Å². The smallest absolute Gasteiger partial charge is 0.232 e. The summed E-state index contributed by atoms with van der Waals surface area (Å²) in [5, 5.41) is 10.1. The number of benzene rings is 1. The maximum Gasteiger partial charge on any atom is 0.232 e. The molecule has 2 heterocycles. The summed E-state index contributed by atoms with van der Waals surface area (Å²) in [6, 6.07) is 8.32. The normalized spacial score (nSPS) is 12.3. The van der Waals surface area contributed by atoms with E-state index in [1.807, 2.05) is 36.7 Å². The number of thiazole rings is 1. The second-order valence-electron chi connectivity index (χ2n) is 6.01. The Kier molecular flexibility index (Phi) is 5.78. The van der Waals surface area contributed by atoms with Crippen LogP contribution in [0.1, 0.15) is 34.9 Å². The number of aromatic nitrogens is 3. The molecule has 25 heavy (non-hydrogen) atoms. The maximum absolute atomic E-state index is 5.76. The Labute approximate surface area is 151 Å². The molecule has 1 aromatic carbocycles. The van der Waals surface area contributed by atoms with Crippen molar-refractivity contribution in [3.05, 3.63) is 57.6 Å². The van der Waals surface area contributed by atoms with E-state index in [0.29, 0.717) is 25.0 Å². The lowest BCUT2D eigenvalue weighted by molar-refractivity contribution is 0.305. The molecule has 0 spiro atoms. The van der Waals surface area contributed by atoms with Crippen LogP contribution >= 0.6 is 11.3 Å². The fourth-order valence-corrected chi connectivity index (χ4v) is 2.96. The number of nitrogens with one attached hydrogen (secondary N) is 1. The summed E-state index contributed by atoms with van der Waals surface area (Å²) in [5.41, 5.74) is 2.14. The average Bonchev–Trinajstić information content (AvgIpc) is 3.24. The molecule has 0 saturated carbocycles. The molecular weight excluding hydrogens is 336 g/mol. The first-order valence-corrected chi connectivity index (χ1v) is 9.12. The van der Waals surface area contributed by atoms with Gasteiger partial charge in [-0.15, -0.1) is 11.3 Å². The van der Waals surface area contributed by atoms with Crippen LogP contribution in [0.4, 0.5) is 0 Å². The molecule has 6 nitrogen and oxygen atoms in total. The fraction of sp³-hybridized carbons (Fsp3) is 0.389. The van der Waals surface area contributed by atoms with Gasteiger partial charge in [-0.05, 0) is 33.0 Å². The Balaban J connectivity index is 1.53. The van der Waals surface area contributed by atoms with Gasteiger partial charge in [0.1, 0.15) is 17.4 Å². The van der Waals surface area contributed by atoms with E-state index in [1.165, 1.54) is 5.56 Å². The monoisotopic (exact) mass is 358 g/mol. The molecule has 0 bridgehead atoms. The first kappa shape index (κ1) is 17.6. The number of ether oxygens (including phenoxy) is 1. The van der Waals surface area contributed by atoms with Gasteiger partial charge in [0.2, 0.25) is 5.89 Å². The van der Waals surface area contributed by atoms with Crippen molar-refractivity contribution < 1.29 is 9.26 Å². The number of likely N-dealkylation sites (N-methyl/N-ethyl adjacent to an activating group) is 1. The van der Waals surface area contributed by atoms with Crippen LogP contribution in [0.25, 0.3) is 0 Å². The molecule has 0 aliphatic carbocycles. The van der Waals surface area contributed by atoms with Gasteiger partial charge in [-0.3, -0.25) is 0 Å². The summed E-state index contributed by atoms with van der Waals surface area (Å²) in [4.78, 5) is 9.00. The van der Waals surface area contributed by atoms with Gasteiger partial charge in [0.15, 0.2) is 5.82 Å². The minimum absolute atomic E-state index is 0.315. The molecule has 7 heteroatoms. The van der Waals surface area contributed by atoms with E-state index >= 15 is 0 Å². The van der Waals surface area contributed by atoms with Gasteiger partial charge in [-0.1, -0.05) is 22.9 Å². The highest BCUT2D eigenvalue weighted by atomic mass is 32.1. The Bertz CT molecular complexity index is 798. The molecule has 3 aromatic rings. The lowest BCUT2D eigenvalue weighted by Gasteiger charge is -2.04. The SMILES string of the molecule is CNC(C)Cc1noc(Cc2csc(COc3ccc(C)cc3)n2)n1. The lowest BCUT2D eigenvalue weighted by Crippen LogP contribution is -2.24. The van der Waals surface area contributed by atoms with Crippen molar-refractivity contribution in [2.24, 2.45) is 0 Å². The summed E-state index contributed by atoms with van der Waals surface area (Å²) in [6.07, 6.45) is 1.29. The molecule has 0 aliphatic rings. The number of aryl methyl sites for hydroxylation is 1. The van der Waals surface area contributed by atoms with Crippen molar-refractivity contribution in [3.8, 4) is 5.75 Å². The number of hydrogen-bond acceptors (Lipinski definition) is 7. The van der Waals surface area contributed by atoms with E-state index in [9.17, 15) is 0 Å². The highest BCUT2D eigenvalue weighted by Crippen LogP contribution is 2.17. The van der Waals surface area contributed by atoms with E-state index in [-0.39, 0.29) is 0 Å². The summed E-state index contributed by atoms with van der Waals surface area (Å²) >= 11 is 1.58. The molecule has 0 amide bonds. The predicted octanol–water partition coefficient (Wildman–Crippen LogP) is 3.15. The van der Waals surface area contributed by atoms with E-state index < -0.39 is 0 Å². The molecule has 0 radical (unpaired) electrons. The Morgan fingerprint density at radius 1 is 1.24 bits per heavy atom. The zero-order chi connectivity index (χ0) is 17.6. The molecular formula is C18H22N4O2S. The standard InChI is InChI=1S/C18H22N4O2S/c1-12-4-6-15(7-5-12)23-10-18-20-14(11-25-18)9-17-21-16(22-24-17)8-13(2)19-3/h4-7,11,13,19H,8-10H2,1-3H3. The van der Waals surface area contributed by atoms with Crippen LogP contribution in [0.15, 0.2) is 34.2 Å². The van der Waals surface area contributed by atoms with Gasteiger partial charge in [0.25, 0.3) is 0 Å². The van der Waals surface area contributed by atoms with E-state index in [1.54, 1.807) is 11.3 Å². The van der Waals surface area contributed by atoms with Crippen molar-refractivity contribution >= 4 is 11.3 Å². The molecule has 1 unspecified atom stereocenters. The second-order valence-corrected chi connectivity index (χ2v) is 6.95. The Morgan fingerprint density at radius 2 is 2.04 bits per heavy atom. The van der Waals surface area contributed by atoms with Crippen molar-refractivity contribution in [2.75, 3.05) is 7.05 Å². The Hall–Kier alpha value is -2.25. The van der Waals surface area contributed by atoms with Gasteiger partial charge >= 0.3 is 0 Å². The van der Waals surface area contributed by atoms with Crippen LogP contribution in [0.5, 0.6) is 5.75 Å². The fourth-order valence-electron chi connectivity index (χ4n) is 2.25. The van der Waals surface area contributed by atoms with Crippen molar-refractivity contribution in [1.29, 1.82) is 0 Å². The van der Waals surface area contributed by atoms with Gasteiger partial charge in [-0.25, -0.2) is 4.98 Å². The molecule has 1 atom stereocenters. The van der Waals surface area contributed by atoms with Crippen molar-refractivity contribution in [3.63, 3.8) is 0 Å². The summed E-state index contributed by atoms with van der Waals surface area (Å²) in [7, 11) is 1.92. The van der Waals surface area contributed by atoms with Crippen molar-refractivity contribution in [1.82, 2.24) is 20.4 Å². The van der Waals surface area contributed by atoms with Crippen molar-refractivity contribution in [2.45, 2.75) is 39.3 Å². The summed E-state index contributed by atoms with van der Waals surface area (Å²) in [5.74, 6) is 2.16. The third kappa shape index (κ3) is 5.11. The van der Waals surface area contributed by atoms with E-state index in [0.717, 1.165) is 28.7 Å². The summed E-state index contributed by atoms with van der Waals surface area (Å²) in [6.45, 7) is 4.60. The van der Waals surface area contributed by atoms with E-state index in [2.05, 4.69) is 34.3 Å². The maximum atomic E-state index is 5.76. The number of nitrogens with zero attached hydrogens (tertiary/aromatic N) is 3. The highest BCUT2D eigenvalue weighted by molar-refractivity contribution is 7.09. The first-order chi connectivity index (χ1) is 12.1. The topological polar surface area (TPSA) is 73.1 Å². The zero-order valence-electron chi connectivity index (χ0n) is 14.7. The zero-order valence-corrected chi connectivity index (χ0v) is 15.5. The molecule has 1 N–H and O–H groups in total. The first-order valence-electron chi connectivity index (χ1n) is 8.24. The van der Waals surface area contributed by atoms with Gasteiger partial charge in [-0.2, -0.15) is 4.98 Å². The van der Waals surface area contributed by atoms with Crippen LogP contribution in [-0.4, -0.2) is 28.2 Å². The van der Waals surface area contributed by atoms with Gasteiger partial charge in [0.05, 0.1) is 12.1 Å². The third-order valence-electron chi connectivity index (χ3n) is 3.81. The Morgan fingerprint density at radius 3 is 2.80 bits per heavy atom. The van der Waals surface area contributed by atoms with Crippen LogP contribution in [0.3, 0.4) is 0 Å². The molecule has 0 aliphatic heterocycles. The minimum Gasteiger partial charge on any atom is -0.486 e. The van der Waals surface area contributed by atoms with Crippen LogP contribution in [-0.2, 0) is 19.4 Å². The lowest BCUT2D eigenvalue weighted by atomic mass is 10.2. The predicted molar refractivity (Wildman–Crippen MR) is 97.0 cm³/mol. The van der Waals surface area contributed by atoms with Gasteiger partial charge < -0.3 is 14.6 Å². The number of hydrogen-bond donors (Lipinski definition) is 1. The quantitative estimate of drug-likeness (QED) is 0.667. The van der Waals surface area contributed by atoms with Crippen LogP contribution in [0.2, 0.25) is 0 Å². The molecule has 0 saturated heterocycles. The molecule has 3 rings (SSSR count).